The third-order valence-corrected chi connectivity index (χ3v) is 4.48. The highest BCUT2D eigenvalue weighted by atomic mass is 32.2. The molecular weight excluding hydrogens is 246 g/mol. The summed E-state index contributed by atoms with van der Waals surface area (Å²) in [5.41, 5.74) is 1.44. The topological polar surface area (TPSA) is 54.0 Å². The Morgan fingerprint density at radius 2 is 2.33 bits per heavy atom. The van der Waals surface area contributed by atoms with Crippen LogP contribution in [0.25, 0.3) is 0 Å². The summed E-state index contributed by atoms with van der Waals surface area (Å²) in [7, 11) is 1.80. The maximum absolute atomic E-state index is 12.2. The number of rotatable bonds is 4. The number of carbonyl (C=O) groups excluding carboxylic acids is 1. The van der Waals surface area contributed by atoms with Crippen LogP contribution in [0.5, 0.6) is 0 Å². The van der Waals surface area contributed by atoms with Gasteiger partial charge in [0.05, 0.1) is 17.4 Å². The van der Waals surface area contributed by atoms with E-state index in [9.17, 15) is 4.79 Å². The lowest BCUT2D eigenvalue weighted by molar-refractivity contribution is 0.0938. The average Bonchev–Trinajstić information content (AvgIpc) is 2.86. The quantitative estimate of drug-likeness (QED) is 0.876. The largest absolute Gasteiger partial charge is 0.386 e. The minimum absolute atomic E-state index is 0.00602. The highest BCUT2D eigenvalue weighted by Crippen LogP contribution is 2.28. The van der Waals surface area contributed by atoms with Gasteiger partial charge in [-0.15, -0.1) is 0 Å². The van der Waals surface area contributed by atoms with Crippen LogP contribution in [0.3, 0.4) is 0 Å². The van der Waals surface area contributed by atoms with Gasteiger partial charge in [-0.25, -0.2) is 0 Å². The van der Waals surface area contributed by atoms with E-state index in [0.29, 0.717) is 16.9 Å². The van der Waals surface area contributed by atoms with Gasteiger partial charge in [-0.05, 0) is 31.6 Å². The molecule has 0 spiro atoms. The van der Waals surface area contributed by atoms with E-state index in [0.717, 1.165) is 18.5 Å². The molecule has 4 nitrogen and oxygen atoms in total. The lowest BCUT2D eigenvalue weighted by atomic mass is 10.2. The molecule has 0 aliphatic heterocycles. The van der Waals surface area contributed by atoms with Crippen LogP contribution in [0.2, 0.25) is 0 Å². The maximum atomic E-state index is 12.2. The van der Waals surface area contributed by atoms with Crippen LogP contribution in [0, 0.1) is 0 Å². The summed E-state index contributed by atoms with van der Waals surface area (Å²) in [6.07, 6.45) is 8.81. The van der Waals surface area contributed by atoms with E-state index in [2.05, 4.69) is 21.9 Å². The average molecular weight is 265 g/mol. The second-order valence-electron chi connectivity index (χ2n) is 4.51. The SMILES string of the molecule is CNc1cnccc1C(=O)NC1CCC(SC)C1. The Bertz CT molecular complexity index is 424. The van der Waals surface area contributed by atoms with E-state index in [1.54, 1.807) is 25.5 Å². The fraction of sp³-hybridized carbons (Fsp3) is 0.538. The molecule has 1 aromatic heterocycles. The van der Waals surface area contributed by atoms with Crippen molar-refractivity contribution >= 4 is 23.4 Å². The molecule has 0 aromatic carbocycles. The highest BCUT2D eigenvalue weighted by Gasteiger charge is 2.25. The summed E-state index contributed by atoms with van der Waals surface area (Å²) < 4.78 is 0. The third kappa shape index (κ3) is 2.96. The Morgan fingerprint density at radius 3 is 3.00 bits per heavy atom. The molecule has 1 fully saturated rings. The Labute approximate surface area is 112 Å². The first-order valence-electron chi connectivity index (χ1n) is 6.20. The third-order valence-electron chi connectivity index (χ3n) is 3.39. The van der Waals surface area contributed by atoms with E-state index < -0.39 is 0 Å². The minimum atomic E-state index is -0.00602. The fourth-order valence-electron chi connectivity index (χ4n) is 2.34. The van der Waals surface area contributed by atoms with Gasteiger partial charge in [-0.2, -0.15) is 11.8 Å². The second kappa shape index (κ2) is 6.09. The normalized spacial score (nSPS) is 22.8. The molecule has 0 radical (unpaired) electrons. The molecule has 2 unspecified atom stereocenters. The zero-order valence-corrected chi connectivity index (χ0v) is 11.6. The molecule has 98 valence electrons. The van der Waals surface area contributed by atoms with Gasteiger partial charge in [0.2, 0.25) is 0 Å². The first-order valence-corrected chi connectivity index (χ1v) is 7.48. The Balaban J connectivity index is 2.00. The molecular formula is C13H19N3OS. The zero-order valence-electron chi connectivity index (χ0n) is 10.8. The van der Waals surface area contributed by atoms with Crippen LogP contribution in [0.15, 0.2) is 18.5 Å². The first-order chi connectivity index (χ1) is 8.74. The lowest BCUT2D eigenvalue weighted by Crippen LogP contribution is -2.33. The van der Waals surface area contributed by atoms with Gasteiger partial charge in [-0.1, -0.05) is 0 Å². The molecule has 1 amide bonds. The molecule has 1 aromatic rings. The minimum Gasteiger partial charge on any atom is -0.386 e. The molecule has 2 atom stereocenters. The number of thioether (sulfide) groups is 1. The molecule has 0 bridgehead atoms. The number of pyridine rings is 1. The molecule has 0 saturated heterocycles. The number of hydrogen-bond donors (Lipinski definition) is 2. The van der Waals surface area contributed by atoms with Crippen molar-refractivity contribution in [2.75, 3.05) is 18.6 Å². The molecule has 5 heteroatoms. The molecule has 18 heavy (non-hydrogen) atoms. The standard InChI is InChI=1S/C13H19N3OS/c1-14-12-8-15-6-5-11(12)13(17)16-9-3-4-10(7-9)18-2/h5-6,8-10,14H,3-4,7H2,1-2H3,(H,16,17). The van der Waals surface area contributed by atoms with Gasteiger partial charge in [0, 0.05) is 24.5 Å². The van der Waals surface area contributed by atoms with Crippen LogP contribution in [-0.4, -0.2) is 35.5 Å². The summed E-state index contributed by atoms with van der Waals surface area (Å²) >= 11 is 1.89. The number of nitrogens with one attached hydrogen (secondary N) is 2. The van der Waals surface area contributed by atoms with Crippen LogP contribution >= 0.6 is 11.8 Å². The van der Waals surface area contributed by atoms with Gasteiger partial charge in [0.15, 0.2) is 0 Å². The summed E-state index contributed by atoms with van der Waals surface area (Å²) in [4.78, 5) is 16.2. The number of carbonyl (C=O) groups is 1. The van der Waals surface area contributed by atoms with Crippen LogP contribution in [-0.2, 0) is 0 Å². The number of nitrogens with zero attached hydrogens (tertiary/aromatic N) is 1. The summed E-state index contributed by atoms with van der Waals surface area (Å²) in [5, 5.41) is 6.80. The van der Waals surface area contributed by atoms with E-state index in [1.165, 1.54) is 6.42 Å². The lowest BCUT2D eigenvalue weighted by Gasteiger charge is -2.14. The first kappa shape index (κ1) is 13.2. The molecule has 1 aliphatic carbocycles. The van der Waals surface area contributed by atoms with Gasteiger partial charge in [0.1, 0.15) is 0 Å². The Kier molecular flexibility index (Phi) is 4.47. The summed E-state index contributed by atoms with van der Waals surface area (Å²) in [6, 6.07) is 2.06. The summed E-state index contributed by atoms with van der Waals surface area (Å²) in [6.45, 7) is 0. The smallest absolute Gasteiger partial charge is 0.253 e. The molecule has 1 aliphatic rings. The summed E-state index contributed by atoms with van der Waals surface area (Å²) in [5.74, 6) is -0.00602. The fourth-order valence-corrected chi connectivity index (χ4v) is 3.14. The van der Waals surface area contributed by atoms with Crippen molar-refractivity contribution in [1.29, 1.82) is 0 Å². The maximum Gasteiger partial charge on any atom is 0.253 e. The van der Waals surface area contributed by atoms with Crippen molar-refractivity contribution in [3.63, 3.8) is 0 Å². The molecule has 1 saturated carbocycles. The van der Waals surface area contributed by atoms with Gasteiger partial charge in [0.25, 0.3) is 5.91 Å². The van der Waals surface area contributed by atoms with Crippen molar-refractivity contribution in [2.24, 2.45) is 0 Å². The van der Waals surface area contributed by atoms with Gasteiger partial charge < -0.3 is 10.6 Å². The van der Waals surface area contributed by atoms with E-state index in [4.69, 9.17) is 0 Å². The van der Waals surface area contributed by atoms with Crippen molar-refractivity contribution in [2.45, 2.75) is 30.6 Å². The van der Waals surface area contributed by atoms with Gasteiger partial charge in [-0.3, -0.25) is 9.78 Å². The number of aromatic nitrogens is 1. The Hall–Kier alpha value is -1.23. The van der Waals surface area contributed by atoms with Crippen molar-refractivity contribution in [3.05, 3.63) is 24.0 Å². The number of hydrogen-bond acceptors (Lipinski definition) is 4. The number of amides is 1. The van der Waals surface area contributed by atoms with Crippen LogP contribution < -0.4 is 10.6 Å². The monoisotopic (exact) mass is 265 g/mol. The molecule has 1 heterocycles. The van der Waals surface area contributed by atoms with Crippen LogP contribution in [0.1, 0.15) is 29.6 Å². The van der Waals surface area contributed by atoms with E-state index in [-0.39, 0.29) is 5.91 Å². The molecule has 2 rings (SSSR count). The predicted molar refractivity (Wildman–Crippen MR) is 76.2 cm³/mol. The predicted octanol–water partition coefficient (Wildman–Crippen LogP) is 2.14. The van der Waals surface area contributed by atoms with Crippen molar-refractivity contribution in [1.82, 2.24) is 10.3 Å². The molecule has 2 N–H and O–H groups in total. The van der Waals surface area contributed by atoms with E-state index >= 15 is 0 Å². The second-order valence-corrected chi connectivity index (χ2v) is 5.65. The van der Waals surface area contributed by atoms with Crippen LogP contribution in [0.4, 0.5) is 5.69 Å². The van der Waals surface area contributed by atoms with Gasteiger partial charge >= 0.3 is 0 Å². The highest BCUT2D eigenvalue weighted by molar-refractivity contribution is 7.99. The van der Waals surface area contributed by atoms with E-state index in [1.807, 2.05) is 11.8 Å². The van der Waals surface area contributed by atoms with Crippen molar-refractivity contribution < 1.29 is 4.79 Å². The number of anilines is 1. The Morgan fingerprint density at radius 1 is 1.50 bits per heavy atom. The van der Waals surface area contributed by atoms with Crippen molar-refractivity contribution in [3.8, 4) is 0 Å². The zero-order chi connectivity index (χ0) is 13.0.